The van der Waals surface area contributed by atoms with Crippen LogP contribution in [0.3, 0.4) is 0 Å². The van der Waals surface area contributed by atoms with Crippen molar-refractivity contribution in [1.82, 2.24) is 4.98 Å². The molecule has 72 valence electrons. The van der Waals surface area contributed by atoms with Crippen molar-refractivity contribution >= 4 is 34.1 Å². The highest BCUT2D eigenvalue weighted by Crippen LogP contribution is 2.25. The molecule has 0 fully saturated rings. The summed E-state index contributed by atoms with van der Waals surface area (Å²) >= 11 is 11.1. The van der Waals surface area contributed by atoms with Gasteiger partial charge in [0.05, 0.1) is 5.52 Å². The highest BCUT2D eigenvalue weighted by atomic mass is 35.5. The first-order valence-electron chi connectivity index (χ1n) is 4.06. The minimum atomic E-state index is -0.860. The van der Waals surface area contributed by atoms with E-state index in [9.17, 15) is 0 Å². The van der Waals surface area contributed by atoms with Crippen molar-refractivity contribution in [2.75, 3.05) is 0 Å². The van der Waals surface area contributed by atoms with E-state index in [0.29, 0.717) is 5.75 Å². The van der Waals surface area contributed by atoms with Crippen molar-refractivity contribution in [3.05, 3.63) is 36.5 Å². The van der Waals surface area contributed by atoms with Gasteiger partial charge in [-0.3, -0.25) is 4.98 Å². The fourth-order valence-corrected chi connectivity index (χ4v) is 1.46. The summed E-state index contributed by atoms with van der Waals surface area (Å²) in [5.74, 6) is 0.644. The van der Waals surface area contributed by atoms with Crippen molar-refractivity contribution in [1.29, 1.82) is 0 Å². The van der Waals surface area contributed by atoms with E-state index < -0.39 is 5.02 Å². The van der Waals surface area contributed by atoms with E-state index in [2.05, 4.69) is 4.98 Å². The van der Waals surface area contributed by atoms with Crippen LogP contribution in [0.1, 0.15) is 0 Å². The lowest BCUT2D eigenvalue weighted by molar-refractivity contribution is 0.358. The van der Waals surface area contributed by atoms with Crippen molar-refractivity contribution in [2.45, 2.75) is 5.02 Å². The molecule has 0 saturated heterocycles. The molecule has 0 unspecified atom stereocenters. The van der Waals surface area contributed by atoms with Crippen LogP contribution in [-0.2, 0) is 0 Å². The predicted octanol–water partition coefficient (Wildman–Crippen LogP) is 3.37. The molecule has 1 aromatic carbocycles. The smallest absolute Gasteiger partial charge is 0.247 e. The molecule has 2 rings (SSSR count). The maximum absolute atomic E-state index is 5.54. The number of hydrogen-bond donors (Lipinski definition) is 0. The lowest BCUT2D eigenvalue weighted by Gasteiger charge is -2.08. The largest absolute Gasteiger partial charge is 0.460 e. The van der Waals surface area contributed by atoms with Gasteiger partial charge in [0.25, 0.3) is 0 Å². The van der Waals surface area contributed by atoms with Gasteiger partial charge in [-0.2, -0.15) is 0 Å². The summed E-state index contributed by atoms with van der Waals surface area (Å²) in [5, 5.41) is 0.0436. The lowest BCUT2D eigenvalue weighted by Crippen LogP contribution is -1.99. The predicted molar refractivity (Wildman–Crippen MR) is 57.9 cm³/mol. The van der Waals surface area contributed by atoms with E-state index in [4.69, 9.17) is 27.9 Å². The monoisotopic (exact) mass is 227 g/mol. The van der Waals surface area contributed by atoms with Crippen molar-refractivity contribution < 1.29 is 4.74 Å². The highest BCUT2D eigenvalue weighted by Gasteiger charge is 2.05. The van der Waals surface area contributed by atoms with Gasteiger partial charge in [-0.25, -0.2) is 0 Å². The molecule has 14 heavy (non-hydrogen) atoms. The molecule has 0 spiro atoms. The van der Waals surface area contributed by atoms with Gasteiger partial charge in [0.15, 0.2) is 0 Å². The number of halogens is 2. The maximum Gasteiger partial charge on any atom is 0.247 e. The zero-order valence-corrected chi connectivity index (χ0v) is 8.66. The molecular weight excluding hydrogens is 221 g/mol. The Morgan fingerprint density at radius 1 is 1.14 bits per heavy atom. The molecule has 2 nitrogen and oxygen atoms in total. The first-order valence-corrected chi connectivity index (χ1v) is 4.93. The van der Waals surface area contributed by atoms with Crippen LogP contribution in [-0.4, -0.2) is 10.0 Å². The first kappa shape index (κ1) is 9.56. The van der Waals surface area contributed by atoms with Crippen LogP contribution in [0.15, 0.2) is 36.5 Å². The Morgan fingerprint density at radius 2 is 1.93 bits per heavy atom. The molecule has 0 amide bonds. The molecule has 0 N–H and O–H groups in total. The molecule has 0 atom stereocenters. The van der Waals surface area contributed by atoms with E-state index in [-0.39, 0.29) is 0 Å². The van der Waals surface area contributed by atoms with Gasteiger partial charge in [-0.15, -0.1) is 0 Å². The second-order valence-corrected chi connectivity index (χ2v) is 3.72. The minimum Gasteiger partial charge on any atom is -0.460 e. The quantitative estimate of drug-likeness (QED) is 0.735. The number of ether oxygens (including phenoxy) is 1. The summed E-state index contributed by atoms with van der Waals surface area (Å²) in [7, 11) is 0. The molecule has 0 aliphatic heterocycles. The third kappa shape index (κ3) is 1.91. The van der Waals surface area contributed by atoms with Gasteiger partial charge in [-0.1, -0.05) is 35.3 Å². The Morgan fingerprint density at radius 3 is 2.71 bits per heavy atom. The van der Waals surface area contributed by atoms with Gasteiger partial charge >= 0.3 is 0 Å². The highest BCUT2D eigenvalue weighted by molar-refractivity contribution is 6.43. The van der Waals surface area contributed by atoms with E-state index in [1.54, 1.807) is 12.3 Å². The fourth-order valence-electron chi connectivity index (χ4n) is 1.27. The van der Waals surface area contributed by atoms with E-state index >= 15 is 0 Å². The van der Waals surface area contributed by atoms with Crippen LogP contribution in [0.2, 0.25) is 0 Å². The Hall–Kier alpha value is -0.990. The van der Waals surface area contributed by atoms with Gasteiger partial charge in [0.2, 0.25) is 5.02 Å². The van der Waals surface area contributed by atoms with Gasteiger partial charge in [0, 0.05) is 11.6 Å². The van der Waals surface area contributed by atoms with Crippen LogP contribution < -0.4 is 4.74 Å². The number of fused-ring (bicyclic) bond motifs is 1. The van der Waals surface area contributed by atoms with Crippen LogP contribution in [0.5, 0.6) is 5.75 Å². The lowest BCUT2D eigenvalue weighted by atomic mass is 10.2. The number of hydrogen-bond acceptors (Lipinski definition) is 2. The zero-order valence-electron chi connectivity index (χ0n) is 7.15. The van der Waals surface area contributed by atoms with Crippen molar-refractivity contribution in [3.8, 4) is 5.75 Å². The molecule has 0 aliphatic carbocycles. The van der Waals surface area contributed by atoms with E-state index in [0.717, 1.165) is 10.9 Å². The molecule has 0 aliphatic rings. The number of alkyl halides is 2. The number of rotatable bonds is 2. The average Bonchev–Trinajstić information content (AvgIpc) is 2.18. The molecule has 0 bridgehead atoms. The van der Waals surface area contributed by atoms with Crippen molar-refractivity contribution in [3.63, 3.8) is 0 Å². The second kappa shape index (κ2) is 4.03. The van der Waals surface area contributed by atoms with E-state index in [1.807, 2.05) is 24.3 Å². The van der Waals surface area contributed by atoms with Gasteiger partial charge < -0.3 is 4.74 Å². The number of nitrogens with zero attached hydrogens (tertiary/aromatic N) is 1. The summed E-state index contributed by atoms with van der Waals surface area (Å²) in [6, 6.07) is 9.37. The third-order valence-electron chi connectivity index (χ3n) is 1.83. The summed E-state index contributed by atoms with van der Waals surface area (Å²) < 4.78 is 5.22. The van der Waals surface area contributed by atoms with Crippen LogP contribution in [0.25, 0.3) is 10.9 Å². The molecule has 0 saturated carbocycles. The SMILES string of the molecule is ClC(Cl)Oc1ccnc2ccccc12. The molecule has 1 heterocycles. The van der Waals surface area contributed by atoms with Gasteiger partial charge in [-0.05, 0) is 18.2 Å². The molecule has 0 radical (unpaired) electrons. The Bertz CT molecular complexity index is 440. The van der Waals surface area contributed by atoms with Crippen LogP contribution in [0.4, 0.5) is 0 Å². The first-order chi connectivity index (χ1) is 6.77. The summed E-state index contributed by atoms with van der Waals surface area (Å²) in [4.78, 5) is 4.18. The molecular formula is C10H7Cl2NO. The topological polar surface area (TPSA) is 22.1 Å². The zero-order chi connectivity index (χ0) is 9.97. The van der Waals surface area contributed by atoms with Crippen LogP contribution in [0, 0.1) is 0 Å². The molecule has 1 aromatic heterocycles. The minimum absolute atomic E-state index is 0.644. The number of benzene rings is 1. The summed E-state index contributed by atoms with van der Waals surface area (Å²) in [5.41, 5.74) is 0.860. The Labute approximate surface area is 91.4 Å². The standard InChI is InChI=1S/C10H7Cl2NO/c11-10(12)14-9-5-6-13-8-4-2-1-3-7(8)9/h1-6,10H. The fraction of sp³-hybridized carbons (Fsp3) is 0.100. The number of pyridine rings is 1. The average molecular weight is 228 g/mol. The third-order valence-corrected chi connectivity index (χ3v) is 2.00. The number of para-hydroxylation sites is 1. The molecule has 4 heteroatoms. The molecule has 2 aromatic rings. The maximum atomic E-state index is 5.54. The normalized spacial score (nSPS) is 10.8. The number of aromatic nitrogens is 1. The Kier molecular flexibility index (Phi) is 2.75. The van der Waals surface area contributed by atoms with Crippen LogP contribution >= 0.6 is 23.2 Å². The summed E-state index contributed by atoms with van der Waals surface area (Å²) in [6.45, 7) is 0. The van der Waals surface area contributed by atoms with Gasteiger partial charge in [0.1, 0.15) is 5.75 Å². The van der Waals surface area contributed by atoms with E-state index in [1.165, 1.54) is 0 Å². The summed E-state index contributed by atoms with van der Waals surface area (Å²) in [6.07, 6.45) is 1.66. The Balaban J connectivity index is 2.53. The second-order valence-electron chi connectivity index (χ2n) is 2.70. The van der Waals surface area contributed by atoms with Crippen molar-refractivity contribution in [2.24, 2.45) is 0 Å².